The number of nitrogens with one attached hydrogen (secondary N) is 1. The van der Waals surface area contributed by atoms with E-state index in [0.717, 1.165) is 16.1 Å². The highest BCUT2D eigenvalue weighted by atomic mass is 32.2. The maximum Gasteiger partial charge on any atom is 0.224 e. The van der Waals surface area contributed by atoms with E-state index in [9.17, 15) is 4.79 Å². The first kappa shape index (κ1) is 19.0. The van der Waals surface area contributed by atoms with Crippen LogP contribution in [0.25, 0.3) is 0 Å². The van der Waals surface area contributed by atoms with E-state index < -0.39 is 0 Å². The lowest BCUT2D eigenvalue weighted by Crippen LogP contribution is -2.13. The van der Waals surface area contributed by atoms with E-state index in [1.807, 2.05) is 42.7 Å². The number of methoxy groups -OCH3 is 3. The molecule has 0 aliphatic carbocycles. The second-order valence-corrected chi connectivity index (χ2v) is 6.13. The molecule has 0 aliphatic heterocycles. The maximum absolute atomic E-state index is 12.3. The van der Waals surface area contributed by atoms with Gasteiger partial charge in [0.2, 0.25) is 11.7 Å². The SMILES string of the molecule is COc1cc(CCC(=O)Nc2ccccc2SC)cc(OC)c1OC. The standard InChI is InChI=1S/C19H23NO4S/c1-22-15-11-13(12-16(23-2)19(15)24-3)9-10-18(21)20-14-7-5-6-8-17(14)25-4/h5-8,11-12H,9-10H2,1-4H3,(H,20,21). The van der Waals surface area contributed by atoms with Crippen LogP contribution in [0.4, 0.5) is 5.69 Å². The molecule has 1 N–H and O–H groups in total. The van der Waals surface area contributed by atoms with Crippen LogP contribution in [-0.4, -0.2) is 33.5 Å². The highest BCUT2D eigenvalue weighted by molar-refractivity contribution is 7.98. The summed E-state index contributed by atoms with van der Waals surface area (Å²) in [5.41, 5.74) is 1.78. The van der Waals surface area contributed by atoms with Crippen molar-refractivity contribution in [2.75, 3.05) is 32.9 Å². The highest BCUT2D eigenvalue weighted by Gasteiger charge is 2.14. The number of amides is 1. The molecule has 6 heteroatoms. The predicted molar refractivity (Wildman–Crippen MR) is 101 cm³/mol. The molecule has 0 saturated heterocycles. The minimum absolute atomic E-state index is 0.0322. The van der Waals surface area contributed by atoms with Crippen molar-refractivity contribution in [3.8, 4) is 17.2 Å². The molecule has 0 unspecified atom stereocenters. The molecular formula is C19H23NO4S. The Hall–Kier alpha value is -2.34. The summed E-state index contributed by atoms with van der Waals surface area (Å²) in [6.07, 6.45) is 2.92. The first-order chi connectivity index (χ1) is 12.1. The van der Waals surface area contributed by atoms with Gasteiger partial charge in [-0.05, 0) is 42.5 Å². The molecule has 0 heterocycles. The van der Waals surface area contributed by atoms with Gasteiger partial charge in [0.1, 0.15) is 0 Å². The number of carbonyl (C=O) groups excluding carboxylic acids is 1. The van der Waals surface area contributed by atoms with Gasteiger partial charge in [-0.3, -0.25) is 4.79 Å². The second-order valence-electron chi connectivity index (χ2n) is 5.28. The monoisotopic (exact) mass is 361 g/mol. The van der Waals surface area contributed by atoms with Crippen molar-refractivity contribution in [3.63, 3.8) is 0 Å². The van der Waals surface area contributed by atoms with Crippen LogP contribution in [0.1, 0.15) is 12.0 Å². The molecule has 25 heavy (non-hydrogen) atoms. The van der Waals surface area contributed by atoms with Crippen LogP contribution in [-0.2, 0) is 11.2 Å². The van der Waals surface area contributed by atoms with E-state index in [1.54, 1.807) is 33.1 Å². The van der Waals surface area contributed by atoms with Crippen LogP contribution in [0.15, 0.2) is 41.3 Å². The number of carbonyl (C=O) groups is 1. The van der Waals surface area contributed by atoms with Crippen LogP contribution in [0.2, 0.25) is 0 Å². The largest absolute Gasteiger partial charge is 0.493 e. The molecule has 0 aromatic heterocycles. The third-order valence-electron chi connectivity index (χ3n) is 3.75. The van der Waals surface area contributed by atoms with E-state index in [0.29, 0.717) is 30.1 Å². The van der Waals surface area contributed by atoms with E-state index in [4.69, 9.17) is 14.2 Å². The van der Waals surface area contributed by atoms with Gasteiger partial charge in [-0.2, -0.15) is 0 Å². The lowest BCUT2D eigenvalue weighted by molar-refractivity contribution is -0.116. The summed E-state index contributed by atoms with van der Waals surface area (Å²) in [7, 11) is 4.72. The number of hydrogen-bond acceptors (Lipinski definition) is 5. The van der Waals surface area contributed by atoms with Crippen molar-refractivity contribution in [2.45, 2.75) is 17.7 Å². The Morgan fingerprint density at radius 1 is 1.04 bits per heavy atom. The Balaban J connectivity index is 2.06. The summed E-state index contributed by atoms with van der Waals surface area (Å²) in [6, 6.07) is 11.5. The molecule has 0 radical (unpaired) electrons. The Morgan fingerprint density at radius 3 is 2.24 bits per heavy atom. The number of thioether (sulfide) groups is 1. The fourth-order valence-electron chi connectivity index (χ4n) is 2.50. The molecule has 0 fully saturated rings. The number of benzene rings is 2. The summed E-state index contributed by atoms with van der Waals surface area (Å²) in [5, 5.41) is 2.96. The van der Waals surface area contributed by atoms with E-state index in [1.165, 1.54) is 0 Å². The fraction of sp³-hybridized carbons (Fsp3) is 0.316. The first-order valence-corrected chi connectivity index (χ1v) is 9.07. The van der Waals surface area contributed by atoms with Crippen molar-refractivity contribution in [1.82, 2.24) is 0 Å². The van der Waals surface area contributed by atoms with Crippen molar-refractivity contribution < 1.29 is 19.0 Å². The van der Waals surface area contributed by atoms with Gasteiger partial charge >= 0.3 is 0 Å². The molecule has 0 bridgehead atoms. The Bertz CT molecular complexity index is 708. The zero-order valence-corrected chi connectivity index (χ0v) is 15.7. The molecule has 2 aromatic carbocycles. The normalized spacial score (nSPS) is 10.2. The zero-order chi connectivity index (χ0) is 18.2. The minimum atomic E-state index is -0.0322. The minimum Gasteiger partial charge on any atom is -0.493 e. The van der Waals surface area contributed by atoms with E-state index in [2.05, 4.69) is 5.32 Å². The lowest BCUT2D eigenvalue weighted by Gasteiger charge is -2.14. The molecule has 0 atom stereocenters. The molecule has 5 nitrogen and oxygen atoms in total. The average Bonchev–Trinajstić information content (AvgIpc) is 2.65. The number of anilines is 1. The van der Waals surface area contributed by atoms with Gasteiger partial charge in [-0.25, -0.2) is 0 Å². The highest BCUT2D eigenvalue weighted by Crippen LogP contribution is 2.38. The van der Waals surface area contributed by atoms with Crippen LogP contribution >= 0.6 is 11.8 Å². The summed E-state index contributed by atoms with van der Waals surface area (Å²) < 4.78 is 16.0. The van der Waals surface area contributed by atoms with Crippen molar-refractivity contribution >= 4 is 23.4 Å². The number of rotatable bonds is 8. The zero-order valence-electron chi connectivity index (χ0n) is 14.9. The van der Waals surface area contributed by atoms with Gasteiger partial charge in [0.05, 0.1) is 27.0 Å². The van der Waals surface area contributed by atoms with E-state index >= 15 is 0 Å². The second kappa shape index (κ2) is 9.22. The molecule has 0 spiro atoms. The smallest absolute Gasteiger partial charge is 0.224 e. The predicted octanol–water partition coefficient (Wildman–Crippen LogP) is 4.01. The maximum atomic E-state index is 12.3. The summed E-state index contributed by atoms with van der Waals surface area (Å²) in [4.78, 5) is 13.3. The van der Waals surface area contributed by atoms with Crippen LogP contribution in [0, 0.1) is 0 Å². The van der Waals surface area contributed by atoms with Crippen LogP contribution < -0.4 is 19.5 Å². The molecule has 0 aliphatic rings. The summed E-state index contributed by atoms with van der Waals surface area (Å²) in [6.45, 7) is 0. The summed E-state index contributed by atoms with van der Waals surface area (Å²) >= 11 is 1.60. The van der Waals surface area contributed by atoms with E-state index in [-0.39, 0.29) is 5.91 Å². The fourth-order valence-corrected chi connectivity index (χ4v) is 3.05. The van der Waals surface area contributed by atoms with Gasteiger partial charge in [0.25, 0.3) is 0 Å². The molecule has 134 valence electrons. The topological polar surface area (TPSA) is 56.8 Å². The van der Waals surface area contributed by atoms with Gasteiger partial charge in [0, 0.05) is 11.3 Å². The van der Waals surface area contributed by atoms with Crippen molar-refractivity contribution in [1.29, 1.82) is 0 Å². The number of hydrogen-bond donors (Lipinski definition) is 1. The Morgan fingerprint density at radius 2 is 1.68 bits per heavy atom. The van der Waals surface area contributed by atoms with Gasteiger partial charge in [-0.15, -0.1) is 11.8 Å². The van der Waals surface area contributed by atoms with Gasteiger partial charge < -0.3 is 19.5 Å². The number of aryl methyl sites for hydroxylation is 1. The van der Waals surface area contributed by atoms with Crippen molar-refractivity contribution in [3.05, 3.63) is 42.0 Å². The number of para-hydroxylation sites is 1. The van der Waals surface area contributed by atoms with Gasteiger partial charge in [-0.1, -0.05) is 12.1 Å². The molecule has 2 aromatic rings. The third-order valence-corrected chi connectivity index (χ3v) is 4.54. The lowest BCUT2D eigenvalue weighted by atomic mass is 10.1. The quantitative estimate of drug-likeness (QED) is 0.720. The third kappa shape index (κ3) is 4.82. The Kier molecular flexibility index (Phi) is 7.01. The number of ether oxygens (including phenoxy) is 3. The van der Waals surface area contributed by atoms with Crippen LogP contribution in [0.3, 0.4) is 0 Å². The first-order valence-electron chi connectivity index (χ1n) is 7.84. The average molecular weight is 361 g/mol. The molecule has 2 rings (SSSR count). The summed E-state index contributed by atoms with van der Waals surface area (Å²) in [5.74, 6) is 1.69. The van der Waals surface area contributed by atoms with Crippen LogP contribution in [0.5, 0.6) is 17.2 Å². The molecular weight excluding hydrogens is 338 g/mol. The Labute approximate surface area is 152 Å². The molecule has 1 amide bonds. The molecule has 0 saturated carbocycles. The van der Waals surface area contributed by atoms with Crippen molar-refractivity contribution in [2.24, 2.45) is 0 Å². The van der Waals surface area contributed by atoms with Gasteiger partial charge in [0.15, 0.2) is 11.5 Å².